The van der Waals surface area contributed by atoms with E-state index in [2.05, 4.69) is 43.5 Å². The van der Waals surface area contributed by atoms with Gasteiger partial charge in [-0.2, -0.15) is 0 Å². The first kappa shape index (κ1) is 8.26. The standard InChI is InChI=1S/C6H5BrINO/c1-3-6(10)4(8)2-5(7)9-3/h2,10H,1H3. The van der Waals surface area contributed by atoms with E-state index in [4.69, 9.17) is 0 Å². The van der Waals surface area contributed by atoms with Gasteiger partial charge in [-0.3, -0.25) is 0 Å². The summed E-state index contributed by atoms with van der Waals surface area (Å²) in [6, 6.07) is 1.77. The Balaban J connectivity index is 3.31. The SMILES string of the molecule is Cc1nc(Br)cc(I)c1O. The molecule has 10 heavy (non-hydrogen) atoms. The van der Waals surface area contributed by atoms with Crippen molar-refractivity contribution in [3.63, 3.8) is 0 Å². The molecule has 2 nitrogen and oxygen atoms in total. The lowest BCUT2D eigenvalue weighted by Gasteiger charge is -1.99. The van der Waals surface area contributed by atoms with Crippen LogP contribution in [0.4, 0.5) is 0 Å². The van der Waals surface area contributed by atoms with Crippen molar-refractivity contribution < 1.29 is 5.11 Å². The van der Waals surface area contributed by atoms with Gasteiger partial charge in [0.1, 0.15) is 10.4 Å². The highest BCUT2D eigenvalue weighted by molar-refractivity contribution is 14.1. The fourth-order valence-electron chi connectivity index (χ4n) is 0.591. The van der Waals surface area contributed by atoms with Crippen molar-refractivity contribution in [3.05, 3.63) is 19.9 Å². The van der Waals surface area contributed by atoms with Crippen LogP contribution in [0.2, 0.25) is 0 Å². The van der Waals surface area contributed by atoms with Crippen molar-refractivity contribution in [1.82, 2.24) is 4.98 Å². The Bertz CT molecular complexity index is 241. The minimum Gasteiger partial charge on any atom is -0.505 e. The molecule has 0 bridgehead atoms. The molecule has 0 saturated heterocycles. The molecule has 0 unspecified atom stereocenters. The highest BCUT2D eigenvalue weighted by atomic mass is 127. The Morgan fingerprint density at radius 2 is 2.30 bits per heavy atom. The van der Waals surface area contributed by atoms with Gasteiger partial charge in [0, 0.05) is 0 Å². The van der Waals surface area contributed by atoms with Crippen molar-refractivity contribution in [3.8, 4) is 5.75 Å². The molecule has 0 spiro atoms. The minimum atomic E-state index is 0.267. The number of nitrogens with zero attached hydrogens (tertiary/aromatic N) is 1. The van der Waals surface area contributed by atoms with Gasteiger partial charge in [0.05, 0.1) is 9.26 Å². The fraction of sp³-hybridized carbons (Fsp3) is 0.167. The first-order valence-corrected chi connectivity index (χ1v) is 4.50. The summed E-state index contributed by atoms with van der Waals surface area (Å²) in [4.78, 5) is 4.00. The van der Waals surface area contributed by atoms with Crippen LogP contribution >= 0.6 is 38.5 Å². The second kappa shape index (κ2) is 3.04. The highest BCUT2D eigenvalue weighted by Crippen LogP contribution is 2.24. The molecule has 1 aromatic rings. The Morgan fingerprint density at radius 1 is 1.70 bits per heavy atom. The van der Waals surface area contributed by atoms with E-state index in [-0.39, 0.29) is 5.75 Å². The van der Waals surface area contributed by atoms with Crippen LogP contribution in [0, 0.1) is 10.5 Å². The number of hydrogen-bond donors (Lipinski definition) is 1. The molecule has 0 saturated carbocycles. The molecule has 4 heteroatoms. The van der Waals surface area contributed by atoms with Crippen LogP contribution in [0.3, 0.4) is 0 Å². The Kier molecular flexibility index (Phi) is 2.51. The van der Waals surface area contributed by atoms with Gasteiger partial charge in [0.25, 0.3) is 0 Å². The van der Waals surface area contributed by atoms with Crippen LogP contribution < -0.4 is 0 Å². The monoisotopic (exact) mass is 313 g/mol. The number of rotatable bonds is 0. The predicted octanol–water partition coefficient (Wildman–Crippen LogP) is 2.46. The van der Waals surface area contributed by atoms with Crippen molar-refractivity contribution in [1.29, 1.82) is 0 Å². The quantitative estimate of drug-likeness (QED) is 0.589. The fourth-order valence-corrected chi connectivity index (χ4v) is 2.20. The Labute approximate surface area is 80.9 Å². The summed E-state index contributed by atoms with van der Waals surface area (Å²) in [7, 11) is 0. The van der Waals surface area contributed by atoms with Gasteiger partial charge in [-0.25, -0.2) is 4.98 Å². The van der Waals surface area contributed by atoms with E-state index in [0.717, 1.165) is 8.17 Å². The maximum atomic E-state index is 9.24. The molecule has 0 fully saturated rings. The van der Waals surface area contributed by atoms with E-state index in [1.54, 1.807) is 13.0 Å². The smallest absolute Gasteiger partial charge is 0.150 e. The van der Waals surface area contributed by atoms with Crippen LogP contribution in [-0.2, 0) is 0 Å². The third kappa shape index (κ3) is 1.60. The molecular weight excluding hydrogens is 309 g/mol. The molecule has 0 amide bonds. The third-order valence-corrected chi connectivity index (χ3v) is 2.32. The van der Waals surface area contributed by atoms with E-state index >= 15 is 0 Å². The highest BCUT2D eigenvalue weighted by Gasteiger charge is 2.02. The number of aromatic nitrogens is 1. The molecule has 1 heterocycles. The molecular formula is C6H5BrINO. The average molecular weight is 314 g/mol. The number of aromatic hydroxyl groups is 1. The predicted molar refractivity (Wildman–Crippen MR) is 51.1 cm³/mol. The molecule has 0 aromatic carbocycles. The van der Waals surface area contributed by atoms with Gasteiger partial charge >= 0.3 is 0 Å². The lowest BCUT2D eigenvalue weighted by atomic mass is 10.3. The summed E-state index contributed by atoms with van der Waals surface area (Å²) >= 11 is 5.28. The van der Waals surface area contributed by atoms with E-state index in [9.17, 15) is 5.11 Å². The van der Waals surface area contributed by atoms with Crippen LogP contribution in [0.25, 0.3) is 0 Å². The van der Waals surface area contributed by atoms with Gasteiger partial charge in [-0.15, -0.1) is 0 Å². The lowest BCUT2D eigenvalue weighted by molar-refractivity contribution is 0.463. The van der Waals surface area contributed by atoms with Gasteiger partial charge in [0.2, 0.25) is 0 Å². The molecule has 1 aromatic heterocycles. The number of pyridine rings is 1. The normalized spacial score (nSPS) is 9.90. The molecule has 0 aliphatic carbocycles. The number of halogens is 2. The summed E-state index contributed by atoms with van der Waals surface area (Å²) in [6.07, 6.45) is 0. The molecule has 54 valence electrons. The first-order valence-electron chi connectivity index (χ1n) is 2.63. The van der Waals surface area contributed by atoms with E-state index in [0.29, 0.717) is 5.69 Å². The molecule has 0 atom stereocenters. The van der Waals surface area contributed by atoms with Crippen LogP contribution in [0.5, 0.6) is 5.75 Å². The van der Waals surface area contributed by atoms with E-state index in [1.165, 1.54) is 0 Å². The second-order valence-electron chi connectivity index (χ2n) is 1.86. The van der Waals surface area contributed by atoms with Gasteiger partial charge in [0.15, 0.2) is 0 Å². The summed E-state index contributed by atoms with van der Waals surface area (Å²) in [5.74, 6) is 0.267. The van der Waals surface area contributed by atoms with E-state index < -0.39 is 0 Å². The average Bonchev–Trinajstić information content (AvgIpc) is 1.82. The zero-order chi connectivity index (χ0) is 7.72. The third-order valence-electron chi connectivity index (χ3n) is 1.09. The van der Waals surface area contributed by atoms with Crippen LogP contribution in [0.15, 0.2) is 10.7 Å². The largest absolute Gasteiger partial charge is 0.505 e. The number of aryl methyl sites for hydroxylation is 1. The first-order chi connectivity index (χ1) is 4.61. The Morgan fingerprint density at radius 3 is 2.80 bits per heavy atom. The van der Waals surface area contributed by atoms with Gasteiger partial charge in [-0.1, -0.05) is 0 Å². The number of hydrogen-bond acceptors (Lipinski definition) is 2. The molecule has 0 radical (unpaired) electrons. The maximum Gasteiger partial charge on any atom is 0.150 e. The molecule has 1 N–H and O–H groups in total. The lowest BCUT2D eigenvalue weighted by Crippen LogP contribution is -1.85. The zero-order valence-corrected chi connectivity index (χ0v) is 8.97. The summed E-state index contributed by atoms with van der Waals surface area (Å²) < 4.78 is 1.57. The topological polar surface area (TPSA) is 33.1 Å². The summed E-state index contributed by atoms with van der Waals surface area (Å²) in [6.45, 7) is 1.77. The zero-order valence-electron chi connectivity index (χ0n) is 5.23. The van der Waals surface area contributed by atoms with Crippen molar-refractivity contribution in [2.45, 2.75) is 6.92 Å². The summed E-state index contributed by atoms with van der Waals surface area (Å²) in [5.41, 5.74) is 0.652. The molecule has 0 aliphatic rings. The molecule has 0 aliphatic heterocycles. The molecule has 1 rings (SSSR count). The van der Waals surface area contributed by atoms with Crippen LogP contribution in [0.1, 0.15) is 5.69 Å². The minimum absolute atomic E-state index is 0.267. The second-order valence-corrected chi connectivity index (χ2v) is 3.84. The summed E-state index contributed by atoms with van der Waals surface area (Å²) in [5, 5.41) is 9.24. The maximum absolute atomic E-state index is 9.24. The van der Waals surface area contributed by atoms with Crippen LogP contribution in [-0.4, -0.2) is 10.1 Å². The van der Waals surface area contributed by atoms with Gasteiger partial charge < -0.3 is 5.11 Å². The Hall–Kier alpha value is 0.160. The van der Waals surface area contributed by atoms with Crippen molar-refractivity contribution >= 4 is 38.5 Å². The van der Waals surface area contributed by atoms with E-state index in [1.807, 2.05) is 0 Å². The van der Waals surface area contributed by atoms with Crippen molar-refractivity contribution in [2.24, 2.45) is 0 Å². The van der Waals surface area contributed by atoms with Crippen molar-refractivity contribution in [2.75, 3.05) is 0 Å². The van der Waals surface area contributed by atoms with Gasteiger partial charge in [-0.05, 0) is 51.5 Å².